The summed E-state index contributed by atoms with van der Waals surface area (Å²) in [5, 5.41) is 2.87. The van der Waals surface area contributed by atoms with Crippen LogP contribution in [0.25, 0.3) is 0 Å². The molecule has 4 nitrogen and oxygen atoms in total. The van der Waals surface area contributed by atoms with Crippen molar-refractivity contribution in [3.05, 3.63) is 57.3 Å². The van der Waals surface area contributed by atoms with Crippen molar-refractivity contribution in [1.29, 1.82) is 0 Å². The smallest absolute Gasteiger partial charge is 0.182 e. The van der Waals surface area contributed by atoms with E-state index < -0.39 is 5.82 Å². The summed E-state index contributed by atoms with van der Waals surface area (Å²) in [5.41, 5.74) is 3.54. The van der Waals surface area contributed by atoms with Crippen LogP contribution in [0, 0.1) is 19.7 Å². The van der Waals surface area contributed by atoms with Gasteiger partial charge in [0.15, 0.2) is 5.78 Å². The minimum atomic E-state index is -0.398. The van der Waals surface area contributed by atoms with Gasteiger partial charge in [0.2, 0.25) is 0 Å². The number of rotatable bonds is 7. The molecule has 0 spiro atoms. The van der Waals surface area contributed by atoms with Crippen molar-refractivity contribution in [2.24, 2.45) is 4.99 Å². The Morgan fingerprint density at radius 2 is 2.00 bits per heavy atom. The van der Waals surface area contributed by atoms with Crippen molar-refractivity contribution in [3.8, 4) is 0 Å². The Labute approximate surface area is 162 Å². The fourth-order valence-corrected chi connectivity index (χ4v) is 2.72. The quantitative estimate of drug-likeness (QED) is 0.385. The van der Waals surface area contributed by atoms with E-state index >= 15 is 0 Å². The number of carbonyl (C=O) groups is 1. The van der Waals surface area contributed by atoms with Crippen molar-refractivity contribution in [2.75, 3.05) is 25.5 Å². The monoisotopic (exact) mass is 419 g/mol. The molecule has 0 aliphatic carbocycles. The van der Waals surface area contributed by atoms with Gasteiger partial charge in [0.25, 0.3) is 0 Å². The highest BCUT2D eigenvalue weighted by molar-refractivity contribution is 9.10. The number of benzene rings is 2. The summed E-state index contributed by atoms with van der Waals surface area (Å²) in [6.07, 6.45) is 1.78. The Kier molecular flexibility index (Phi) is 6.91. The van der Waals surface area contributed by atoms with Gasteiger partial charge in [-0.25, -0.2) is 9.38 Å². The zero-order valence-corrected chi connectivity index (χ0v) is 17.0. The van der Waals surface area contributed by atoms with Gasteiger partial charge in [-0.15, -0.1) is 0 Å². The second kappa shape index (κ2) is 8.94. The molecule has 0 aromatic heterocycles. The lowest BCUT2D eigenvalue weighted by molar-refractivity contribution is 0.101. The molecule has 0 atom stereocenters. The standard InChI is InChI=1S/C20H23BrFN3O/c1-5-25(4)12-24-19-9-13(2)16(8-14(19)3)20(26)11-23-18-7-6-15(21)10-17(18)22/h6-10,12,23H,5,11H2,1-4H3. The molecule has 0 amide bonds. The van der Waals surface area contributed by atoms with E-state index in [1.807, 2.05) is 44.9 Å². The summed E-state index contributed by atoms with van der Waals surface area (Å²) in [5.74, 6) is -0.487. The number of nitrogens with one attached hydrogen (secondary N) is 1. The maximum absolute atomic E-state index is 13.9. The second-order valence-corrected chi connectivity index (χ2v) is 7.09. The molecule has 0 fully saturated rings. The SMILES string of the molecule is CCN(C)C=Nc1cc(C)c(C(=O)CNc2ccc(Br)cc2F)cc1C. The molecule has 6 heteroatoms. The molecule has 2 aromatic rings. The third-order valence-electron chi connectivity index (χ3n) is 4.11. The first kappa shape index (κ1) is 20.1. The topological polar surface area (TPSA) is 44.7 Å². The Morgan fingerprint density at radius 1 is 1.27 bits per heavy atom. The lowest BCUT2D eigenvalue weighted by atomic mass is 10.0. The molecule has 0 aliphatic heterocycles. The van der Waals surface area contributed by atoms with Crippen LogP contribution in [0.2, 0.25) is 0 Å². The predicted molar refractivity (Wildman–Crippen MR) is 109 cm³/mol. The van der Waals surface area contributed by atoms with Gasteiger partial charge >= 0.3 is 0 Å². The molecule has 0 aliphatic rings. The van der Waals surface area contributed by atoms with Gasteiger partial charge in [0.1, 0.15) is 5.82 Å². The summed E-state index contributed by atoms with van der Waals surface area (Å²) in [6.45, 7) is 6.76. The number of ketones is 1. The molecular weight excluding hydrogens is 397 g/mol. The van der Waals surface area contributed by atoms with Crippen molar-refractivity contribution in [2.45, 2.75) is 20.8 Å². The van der Waals surface area contributed by atoms with E-state index in [1.54, 1.807) is 18.5 Å². The van der Waals surface area contributed by atoms with Crippen LogP contribution in [-0.2, 0) is 0 Å². The number of aryl methyl sites for hydroxylation is 2. The Morgan fingerprint density at radius 3 is 2.65 bits per heavy atom. The van der Waals surface area contributed by atoms with Crippen molar-refractivity contribution in [3.63, 3.8) is 0 Å². The molecule has 26 heavy (non-hydrogen) atoms. The molecule has 0 unspecified atom stereocenters. The van der Waals surface area contributed by atoms with Gasteiger partial charge in [-0.05, 0) is 62.2 Å². The number of aliphatic imine (C=N–C) groups is 1. The summed E-state index contributed by atoms with van der Waals surface area (Å²) in [6, 6.07) is 8.44. The summed E-state index contributed by atoms with van der Waals surface area (Å²) in [4.78, 5) is 19.0. The van der Waals surface area contributed by atoms with Crippen LogP contribution in [0.3, 0.4) is 0 Å². The lowest BCUT2D eigenvalue weighted by Gasteiger charge is -2.12. The first-order chi connectivity index (χ1) is 12.3. The number of carbonyl (C=O) groups excluding carboxylic acids is 1. The minimum Gasteiger partial charge on any atom is -0.375 e. The van der Waals surface area contributed by atoms with Gasteiger partial charge in [-0.2, -0.15) is 0 Å². The maximum Gasteiger partial charge on any atom is 0.182 e. The molecule has 138 valence electrons. The molecule has 2 rings (SSSR count). The predicted octanol–water partition coefficient (Wildman–Crippen LogP) is 5.11. The fraction of sp³-hybridized carbons (Fsp3) is 0.300. The van der Waals surface area contributed by atoms with Crippen LogP contribution < -0.4 is 5.32 Å². The van der Waals surface area contributed by atoms with Gasteiger partial charge < -0.3 is 10.2 Å². The Bertz CT molecular complexity index is 836. The van der Waals surface area contributed by atoms with E-state index in [-0.39, 0.29) is 12.3 Å². The van der Waals surface area contributed by atoms with Crippen LogP contribution in [0.5, 0.6) is 0 Å². The number of nitrogens with zero attached hydrogens (tertiary/aromatic N) is 2. The number of hydrogen-bond donors (Lipinski definition) is 1. The molecule has 0 radical (unpaired) electrons. The van der Waals surface area contributed by atoms with Gasteiger partial charge in [0, 0.05) is 23.6 Å². The molecule has 0 bridgehead atoms. The highest BCUT2D eigenvalue weighted by Crippen LogP contribution is 2.24. The maximum atomic E-state index is 13.9. The zero-order valence-electron chi connectivity index (χ0n) is 15.4. The van der Waals surface area contributed by atoms with E-state index in [0.717, 1.165) is 23.4 Å². The van der Waals surface area contributed by atoms with Gasteiger partial charge in [-0.1, -0.05) is 15.9 Å². The largest absolute Gasteiger partial charge is 0.375 e. The summed E-state index contributed by atoms with van der Waals surface area (Å²) in [7, 11) is 1.95. The first-order valence-corrected chi connectivity index (χ1v) is 9.19. The number of halogens is 2. The van der Waals surface area contributed by atoms with Crippen molar-refractivity contribution >= 4 is 39.4 Å². The second-order valence-electron chi connectivity index (χ2n) is 6.17. The number of anilines is 1. The van der Waals surface area contributed by atoms with E-state index in [9.17, 15) is 9.18 Å². The lowest BCUT2D eigenvalue weighted by Crippen LogP contribution is -2.16. The summed E-state index contributed by atoms with van der Waals surface area (Å²) >= 11 is 3.21. The van der Waals surface area contributed by atoms with Crippen molar-refractivity contribution < 1.29 is 9.18 Å². The average Bonchev–Trinajstić information content (AvgIpc) is 2.60. The zero-order chi connectivity index (χ0) is 19.3. The molecular formula is C20H23BrFN3O. The molecule has 0 saturated carbocycles. The van der Waals surface area contributed by atoms with E-state index in [0.29, 0.717) is 15.7 Å². The van der Waals surface area contributed by atoms with Crippen LogP contribution >= 0.6 is 15.9 Å². The average molecular weight is 420 g/mol. The highest BCUT2D eigenvalue weighted by atomic mass is 79.9. The minimum absolute atomic E-state index is 0.0278. The fourth-order valence-electron chi connectivity index (χ4n) is 2.39. The van der Waals surface area contributed by atoms with E-state index in [4.69, 9.17) is 0 Å². The van der Waals surface area contributed by atoms with Crippen LogP contribution in [0.1, 0.15) is 28.4 Å². The third kappa shape index (κ3) is 5.14. The third-order valence-corrected chi connectivity index (χ3v) is 4.60. The van der Waals surface area contributed by atoms with E-state index in [1.165, 1.54) is 6.07 Å². The Balaban J connectivity index is 2.13. The summed E-state index contributed by atoms with van der Waals surface area (Å²) < 4.78 is 14.5. The molecule has 1 N–H and O–H groups in total. The van der Waals surface area contributed by atoms with Crippen LogP contribution in [0.4, 0.5) is 15.8 Å². The molecule has 0 heterocycles. The van der Waals surface area contributed by atoms with Gasteiger partial charge in [-0.3, -0.25) is 4.79 Å². The van der Waals surface area contributed by atoms with Crippen LogP contribution in [0.15, 0.2) is 39.8 Å². The van der Waals surface area contributed by atoms with Gasteiger partial charge in [0.05, 0.1) is 24.3 Å². The normalized spacial score (nSPS) is 11.0. The first-order valence-electron chi connectivity index (χ1n) is 8.39. The van der Waals surface area contributed by atoms with Crippen LogP contribution in [-0.4, -0.2) is 37.2 Å². The number of Topliss-reactive ketones (excluding diaryl/α,β-unsaturated/α-hetero) is 1. The molecule has 0 saturated heterocycles. The molecule has 2 aromatic carbocycles. The van der Waals surface area contributed by atoms with E-state index in [2.05, 4.69) is 26.2 Å². The highest BCUT2D eigenvalue weighted by Gasteiger charge is 2.13. The van der Waals surface area contributed by atoms with Crippen molar-refractivity contribution in [1.82, 2.24) is 4.90 Å². The Hall–Kier alpha value is -2.21. The number of hydrogen-bond acceptors (Lipinski definition) is 3.